The van der Waals surface area contributed by atoms with Crippen molar-refractivity contribution in [2.45, 2.75) is 13.2 Å². The number of nitrogens with zero attached hydrogens (tertiary/aromatic N) is 4. The van der Waals surface area contributed by atoms with Gasteiger partial charge in [0.25, 0.3) is 0 Å². The Kier molecular flexibility index (Phi) is 5.78. The minimum Gasteiger partial charge on any atom is -0.489 e. The minimum absolute atomic E-state index is 0.386. The fourth-order valence-electron chi connectivity index (χ4n) is 2.17. The van der Waals surface area contributed by atoms with Crippen LogP contribution in [0.25, 0.3) is 0 Å². The molecule has 6 nitrogen and oxygen atoms in total. The molecular formula is C16H14BrCl2N5O. The highest BCUT2D eigenvalue weighted by atomic mass is 79.9. The lowest BCUT2D eigenvalue weighted by molar-refractivity contribution is 0.303. The zero-order valence-electron chi connectivity index (χ0n) is 13.2. The van der Waals surface area contributed by atoms with Crippen molar-refractivity contribution in [2.24, 2.45) is 7.05 Å². The number of hydrogen-bond acceptors (Lipinski definition) is 5. The van der Waals surface area contributed by atoms with E-state index in [0.29, 0.717) is 29.1 Å². The maximum Gasteiger partial charge on any atom is 0.242 e. The number of anilines is 1. The number of benzene rings is 2. The SMILES string of the molecule is Cn1nnnc1NCc1cc(Br)ccc1OCc1ccc(Cl)c(Cl)c1. The van der Waals surface area contributed by atoms with E-state index in [9.17, 15) is 0 Å². The van der Waals surface area contributed by atoms with Crippen LogP contribution in [0, 0.1) is 0 Å². The molecule has 1 N–H and O–H groups in total. The smallest absolute Gasteiger partial charge is 0.242 e. The molecule has 0 atom stereocenters. The molecular weight excluding hydrogens is 429 g/mol. The van der Waals surface area contributed by atoms with Gasteiger partial charge in [-0.15, -0.1) is 0 Å². The first-order valence-corrected chi connectivity index (χ1v) is 8.89. The van der Waals surface area contributed by atoms with Gasteiger partial charge >= 0.3 is 0 Å². The summed E-state index contributed by atoms with van der Waals surface area (Å²) >= 11 is 15.5. The van der Waals surface area contributed by atoms with Crippen molar-refractivity contribution in [2.75, 3.05) is 5.32 Å². The topological polar surface area (TPSA) is 64.9 Å². The summed E-state index contributed by atoms with van der Waals surface area (Å²) in [6.07, 6.45) is 0. The van der Waals surface area contributed by atoms with Crippen LogP contribution in [0.5, 0.6) is 5.75 Å². The highest BCUT2D eigenvalue weighted by Crippen LogP contribution is 2.26. The normalized spacial score (nSPS) is 10.7. The van der Waals surface area contributed by atoms with Crippen molar-refractivity contribution < 1.29 is 4.74 Å². The highest BCUT2D eigenvalue weighted by Gasteiger charge is 2.08. The maximum absolute atomic E-state index is 6.04. The second-order valence-electron chi connectivity index (χ2n) is 5.27. The predicted octanol–water partition coefficient (Wildman–Crippen LogP) is 4.47. The molecule has 130 valence electrons. The van der Waals surface area contributed by atoms with Crippen LogP contribution in [-0.2, 0) is 20.2 Å². The van der Waals surface area contributed by atoms with Crippen LogP contribution in [0.4, 0.5) is 5.95 Å². The molecule has 0 radical (unpaired) electrons. The van der Waals surface area contributed by atoms with E-state index in [4.69, 9.17) is 27.9 Å². The molecule has 0 aliphatic rings. The van der Waals surface area contributed by atoms with Crippen molar-refractivity contribution in [3.05, 3.63) is 62.0 Å². The molecule has 0 fully saturated rings. The second-order valence-corrected chi connectivity index (χ2v) is 7.00. The molecule has 0 saturated carbocycles. The third-order valence-corrected chi connectivity index (χ3v) is 4.69. The summed E-state index contributed by atoms with van der Waals surface area (Å²) in [6, 6.07) is 11.3. The standard InChI is InChI=1S/C16H14BrCl2N5O/c1-24-16(21-22-23-24)20-8-11-7-12(17)3-5-15(11)25-9-10-2-4-13(18)14(19)6-10/h2-7H,8-9H2,1H3,(H,20,21,23). The van der Waals surface area contributed by atoms with Gasteiger partial charge in [0.2, 0.25) is 5.95 Å². The van der Waals surface area contributed by atoms with Gasteiger partial charge in [-0.2, -0.15) is 0 Å². The molecule has 9 heteroatoms. The Balaban J connectivity index is 1.72. The number of rotatable bonds is 6. The molecule has 0 bridgehead atoms. The fourth-order valence-corrected chi connectivity index (χ4v) is 2.90. The lowest BCUT2D eigenvalue weighted by Gasteiger charge is -2.13. The predicted molar refractivity (Wildman–Crippen MR) is 101 cm³/mol. The number of ether oxygens (including phenoxy) is 1. The van der Waals surface area contributed by atoms with Crippen molar-refractivity contribution in [1.29, 1.82) is 0 Å². The van der Waals surface area contributed by atoms with Gasteiger partial charge in [-0.25, -0.2) is 4.68 Å². The van der Waals surface area contributed by atoms with Gasteiger partial charge in [0.15, 0.2) is 0 Å². The van der Waals surface area contributed by atoms with Crippen molar-refractivity contribution in [3.8, 4) is 5.75 Å². The molecule has 0 aliphatic heterocycles. The first kappa shape index (κ1) is 18.0. The third kappa shape index (κ3) is 4.62. The van der Waals surface area contributed by atoms with Crippen LogP contribution in [0.2, 0.25) is 10.0 Å². The Morgan fingerprint density at radius 1 is 1.16 bits per heavy atom. The number of hydrogen-bond donors (Lipinski definition) is 1. The van der Waals surface area contributed by atoms with Crippen molar-refractivity contribution in [1.82, 2.24) is 20.2 Å². The fraction of sp³-hybridized carbons (Fsp3) is 0.188. The molecule has 0 aliphatic carbocycles. The average molecular weight is 443 g/mol. The zero-order valence-corrected chi connectivity index (χ0v) is 16.3. The van der Waals surface area contributed by atoms with Crippen LogP contribution < -0.4 is 10.1 Å². The minimum atomic E-state index is 0.386. The largest absolute Gasteiger partial charge is 0.489 e. The van der Waals surface area contributed by atoms with E-state index >= 15 is 0 Å². The number of aromatic nitrogens is 4. The summed E-state index contributed by atoms with van der Waals surface area (Å²) in [4.78, 5) is 0. The summed E-state index contributed by atoms with van der Waals surface area (Å²) in [6.45, 7) is 0.904. The first-order valence-electron chi connectivity index (χ1n) is 7.34. The summed E-state index contributed by atoms with van der Waals surface area (Å²) in [5.41, 5.74) is 1.91. The van der Waals surface area contributed by atoms with Gasteiger partial charge in [0.1, 0.15) is 12.4 Å². The molecule has 2 aromatic carbocycles. The van der Waals surface area contributed by atoms with E-state index in [-0.39, 0.29) is 0 Å². The van der Waals surface area contributed by atoms with Gasteiger partial charge in [-0.1, -0.05) is 50.3 Å². The molecule has 25 heavy (non-hydrogen) atoms. The van der Waals surface area contributed by atoms with Gasteiger partial charge < -0.3 is 10.1 Å². The Morgan fingerprint density at radius 2 is 2.00 bits per heavy atom. The van der Waals surface area contributed by atoms with E-state index in [1.54, 1.807) is 23.9 Å². The van der Waals surface area contributed by atoms with E-state index in [1.165, 1.54) is 0 Å². The molecule has 0 unspecified atom stereocenters. The average Bonchev–Trinajstić information content (AvgIpc) is 3.00. The molecule has 3 rings (SSSR count). The second kappa shape index (κ2) is 8.03. The van der Waals surface area contributed by atoms with Crippen LogP contribution in [0.15, 0.2) is 40.9 Å². The number of nitrogens with one attached hydrogen (secondary N) is 1. The van der Waals surface area contributed by atoms with Crippen molar-refractivity contribution >= 4 is 45.1 Å². The molecule has 1 heterocycles. The van der Waals surface area contributed by atoms with Crippen LogP contribution >= 0.6 is 39.1 Å². The van der Waals surface area contributed by atoms with Crippen LogP contribution in [-0.4, -0.2) is 20.2 Å². The van der Waals surface area contributed by atoms with Gasteiger partial charge in [-0.05, 0) is 46.3 Å². The quantitative estimate of drug-likeness (QED) is 0.610. The summed E-state index contributed by atoms with van der Waals surface area (Å²) in [7, 11) is 1.77. The molecule has 0 saturated heterocycles. The molecule has 0 amide bonds. The lowest BCUT2D eigenvalue weighted by Crippen LogP contribution is -2.07. The molecule has 1 aromatic heterocycles. The van der Waals surface area contributed by atoms with E-state index < -0.39 is 0 Å². The lowest BCUT2D eigenvalue weighted by atomic mass is 10.2. The Morgan fingerprint density at radius 3 is 2.72 bits per heavy atom. The van der Waals surface area contributed by atoms with Gasteiger partial charge in [0.05, 0.1) is 10.0 Å². The third-order valence-electron chi connectivity index (χ3n) is 3.46. The highest BCUT2D eigenvalue weighted by molar-refractivity contribution is 9.10. The maximum atomic E-state index is 6.04. The summed E-state index contributed by atoms with van der Waals surface area (Å²) in [5.74, 6) is 1.34. The molecule has 3 aromatic rings. The van der Waals surface area contributed by atoms with E-state index in [2.05, 4.69) is 36.8 Å². The Bertz CT molecular complexity index is 887. The monoisotopic (exact) mass is 441 g/mol. The number of aryl methyl sites for hydroxylation is 1. The van der Waals surface area contributed by atoms with E-state index in [1.807, 2.05) is 24.3 Å². The number of halogens is 3. The van der Waals surface area contributed by atoms with E-state index in [0.717, 1.165) is 21.3 Å². The van der Waals surface area contributed by atoms with Gasteiger partial charge in [0, 0.05) is 23.6 Å². The Hall–Kier alpha value is -1.83. The Labute approximate surface area is 163 Å². The summed E-state index contributed by atoms with van der Waals surface area (Å²) in [5, 5.41) is 15.5. The first-order chi connectivity index (χ1) is 12.0. The molecule has 0 spiro atoms. The number of tetrazole rings is 1. The van der Waals surface area contributed by atoms with Crippen LogP contribution in [0.3, 0.4) is 0 Å². The van der Waals surface area contributed by atoms with Crippen LogP contribution in [0.1, 0.15) is 11.1 Å². The summed E-state index contributed by atoms with van der Waals surface area (Å²) < 4.78 is 8.48. The van der Waals surface area contributed by atoms with Gasteiger partial charge in [-0.3, -0.25) is 0 Å². The zero-order chi connectivity index (χ0) is 17.8. The van der Waals surface area contributed by atoms with Crippen molar-refractivity contribution in [3.63, 3.8) is 0 Å².